The molecule has 0 saturated carbocycles. The van der Waals surface area contributed by atoms with Crippen molar-refractivity contribution in [3.63, 3.8) is 0 Å². The summed E-state index contributed by atoms with van der Waals surface area (Å²) in [6.07, 6.45) is 2.25. The fourth-order valence-corrected chi connectivity index (χ4v) is 4.94. The molecular formula is C36H43F3O4. The van der Waals surface area contributed by atoms with Gasteiger partial charge in [-0.3, -0.25) is 0 Å². The molecule has 0 N–H and O–H groups in total. The molecule has 3 aromatic rings. The second-order valence-electron chi connectivity index (χ2n) is 10.9. The molecule has 3 rings (SSSR count). The van der Waals surface area contributed by atoms with Crippen LogP contribution in [0.25, 0.3) is 22.3 Å². The van der Waals surface area contributed by atoms with E-state index in [1.54, 1.807) is 24.3 Å². The number of hydrogen-bond donors (Lipinski definition) is 0. The van der Waals surface area contributed by atoms with Gasteiger partial charge >= 0.3 is 18.1 Å². The molecule has 0 aromatic heterocycles. The highest BCUT2D eigenvalue weighted by molar-refractivity contribution is 5.95. The van der Waals surface area contributed by atoms with E-state index in [1.165, 1.54) is 31.4 Å². The smallest absolute Gasteiger partial charge is 0.425 e. The predicted octanol–water partition coefficient (Wildman–Crippen LogP) is 10.6. The van der Waals surface area contributed by atoms with Gasteiger partial charge < -0.3 is 9.47 Å². The van der Waals surface area contributed by atoms with Crippen LogP contribution in [0.5, 0.6) is 0 Å². The Morgan fingerprint density at radius 3 is 1.88 bits per heavy atom. The maximum atomic E-state index is 13.5. The molecule has 0 heterocycles. The van der Waals surface area contributed by atoms with Crippen LogP contribution in [-0.2, 0) is 9.47 Å². The number of benzene rings is 3. The number of carbonyl (C=O) groups excluding carboxylic acids is 2. The SMILES string of the molecule is CCCCCCCCOC(=O)c1ccc(-c2ccccc2)c(-c2ccc(C(=O)OC(CCCCCC)C(F)(F)F)cc2)c1. The first kappa shape index (κ1) is 33.9. The quantitative estimate of drug-likeness (QED) is 0.115. The number of esters is 2. The van der Waals surface area contributed by atoms with Gasteiger partial charge in [0.15, 0.2) is 6.10 Å². The van der Waals surface area contributed by atoms with Crippen LogP contribution in [0.1, 0.15) is 105 Å². The standard InChI is InChI=1S/C36H43F3O4/c1-3-5-7-9-10-15-25-42-34(40)30-23-24-31(27-16-12-11-13-17-27)32(26-30)28-19-21-29(22-20-28)35(41)43-33(36(37,38)39)18-14-8-6-4-2/h11-13,16-17,19-24,26,33H,3-10,14-15,18,25H2,1-2H3. The van der Waals surface area contributed by atoms with Crippen LogP contribution in [0, 0.1) is 0 Å². The molecule has 3 aromatic carbocycles. The Morgan fingerprint density at radius 2 is 1.23 bits per heavy atom. The van der Waals surface area contributed by atoms with Crippen molar-refractivity contribution in [2.75, 3.05) is 6.61 Å². The average molecular weight is 597 g/mol. The predicted molar refractivity (Wildman–Crippen MR) is 165 cm³/mol. The second kappa shape index (κ2) is 17.5. The van der Waals surface area contributed by atoms with Crippen molar-refractivity contribution < 1.29 is 32.2 Å². The van der Waals surface area contributed by atoms with Crippen LogP contribution < -0.4 is 0 Å². The first-order chi connectivity index (χ1) is 20.7. The zero-order valence-electron chi connectivity index (χ0n) is 25.3. The molecule has 0 aliphatic rings. The van der Waals surface area contributed by atoms with Gasteiger partial charge in [-0.25, -0.2) is 9.59 Å². The Hall–Kier alpha value is -3.61. The molecule has 1 atom stereocenters. The fourth-order valence-electron chi connectivity index (χ4n) is 4.94. The van der Waals surface area contributed by atoms with Gasteiger partial charge in [-0.2, -0.15) is 13.2 Å². The fraction of sp³-hybridized carbons (Fsp3) is 0.444. The Kier molecular flexibility index (Phi) is 13.8. The number of ether oxygens (including phenoxy) is 2. The third-order valence-electron chi connectivity index (χ3n) is 7.44. The number of rotatable bonds is 17. The summed E-state index contributed by atoms with van der Waals surface area (Å²) in [4.78, 5) is 25.6. The highest BCUT2D eigenvalue weighted by Crippen LogP contribution is 2.34. The Balaban J connectivity index is 1.77. The largest absolute Gasteiger partial charge is 0.462 e. The first-order valence-corrected chi connectivity index (χ1v) is 15.5. The van der Waals surface area contributed by atoms with Crippen LogP contribution >= 0.6 is 0 Å². The molecular weight excluding hydrogens is 553 g/mol. The molecule has 0 bridgehead atoms. The summed E-state index contributed by atoms with van der Waals surface area (Å²) in [5.74, 6) is -1.42. The third kappa shape index (κ3) is 10.9. The summed E-state index contributed by atoms with van der Waals surface area (Å²) in [6, 6.07) is 21.3. The second-order valence-corrected chi connectivity index (χ2v) is 10.9. The zero-order valence-corrected chi connectivity index (χ0v) is 25.3. The van der Waals surface area contributed by atoms with Gasteiger partial charge in [0.25, 0.3) is 0 Å². The summed E-state index contributed by atoms with van der Waals surface area (Å²) in [6.45, 7) is 4.51. The first-order valence-electron chi connectivity index (χ1n) is 15.5. The number of halogens is 3. The van der Waals surface area contributed by atoms with E-state index >= 15 is 0 Å². The van der Waals surface area contributed by atoms with Gasteiger partial charge in [0.2, 0.25) is 0 Å². The van der Waals surface area contributed by atoms with Crippen molar-refractivity contribution >= 4 is 11.9 Å². The average Bonchev–Trinajstić information content (AvgIpc) is 3.01. The minimum Gasteiger partial charge on any atom is -0.462 e. The highest BCUT2D eigenvalue weighted by atomic mass is 19.4. The molecule has 0 aliphatic carbocycles. The van der Waals surface area contributed by atoms with Crippen molar-refractivity contribution in [2.24, 2.45) is 0 Å². The van der Waals surface area contributed by atoms with Crippen LogP contribution in [0.4, 0.5) is 13.2 Å². The van der Waals surface area contributed by atoms with E-state index in [9.17, 15) is 22.8 Å². The Morgan fingerprint density at radius 1 is 0.651 bits per heavy atom. The monoisotopic (exact) mass is 596 g/mol. The van der Waals surface area contributed by atoms with Gasteiger partial charge in [-0.05, 0) is 65.8 Å². The lowest BCUT2D eigenvalue weighted by molar-refractivity contribution is -0.206. The van der Waals surface area contributed by atoms with Gasteiger partial charge in [0, 0.05) is 0 Å². The maximum absolute atomic E-state index is 13.5. The lowest BCUT2D eigenvalue weighted by Crippen LogP contribution is -2.33. The maximum Gasteiger partial charge on any atom is 0.425 e. The third-order valence-corrected chi connectivity index (χ3v) is 7.44. The molecule has 0 saturated heterocycles. The van der Waals surface area contributed by atoms with E-state index in [0.717, 1.165) is 48.8 Å². The van der Waals surface area contributed by atoms with Crippen molar-refractivity contribution in [3.8, 4) is 22.3 Å². The van der Waals surface area contributed by atoms with Gasteiger partial charge in [0.05, 0.1) is 17.7 Å². The molecule has 43 heavy (non-hydrogen) atoms. The van der Waals surface area contributed by atoms with Crippen LogP contribution in [0.15, 0.2) is 72.8 Å². The van der Waals surface area contributed by atoms with E-state index in [1.807, 2.05) is 43.3 Å². The van der Waals surface area contributed by atoms with Crippen molar-refractivity contribution in [1.29, 1.82) is 0 Å². The molecule has 0 radical (unpaired) electrons. The minimum absolute atomic E-state index is 0.0299. The number of unbranched alkanes of at least 4 members (excludes halogenated alkanes) is 8. The van der Waals surface area contributed by atoms with E-state index in [4.69, 9.17) is 9.47 Å². The van der Waals surface area contributed by atoms with Gasteiger partial charge in [-0.1, -0.05) is 114 Å². The summed E-state index contributed by atoms with van der Waals surface area (Å²) in [5, 5.41) is 0. The van der Waals surface area contributed by atoms with Crippen LogP contribution in [-0.4, -0.2) is 30.8 Å². The van der Waals surface area contributed by atoms with E-state index in [0.29, 0.717) is 30.6 Å². The number of hydrogen-bond acceptors (Lipinski definition) is 4. The highest BCUT2D eigenvalue weighted by Gasteiger charge is 2.42. The van der Waals surface area contributed by atoms with E-state index in [-0.39, 0.29) is 12.0 Å². The van der Waals surface area contributed by atoms with Gasteiger partial charge in [0.1, 0.15) is 0 Å². The van der Waals surface area contributed by atoms with E-state index in [2.05, 4.69) is 6.92 Å². The molecule has 0 aliphatic heterocycles. The molecule has 7 heteroatoms. The van der Waals surface area contributed by atoms with Crippen molar-refractivity contribution in [1.82, 2.24) is 0 Å². The number of carbonyl (C=O) groups is 2. The lowest BCUT2D eigenvalue weighted by Gasteiger charge is -2.21. The van der Waals surface area contributed by atoms with Crippen LogP contribution in [0.2, 0.25) is 0 Å². The molecule has 0 fully saturated rings. The Bertz CT molecular complexity index is 1270. The lowest BCUT2D eigenvalue weighted by atomic mass is 9.92. The van der Waals surface area contributed by atoms with E-state index < -0.39 is 24.2 Å². The summed E-state index contributed by atoms with van der Waals surface area (Å²) in [7, 11) is 0. The minimum atomic E-state index is -4.63. The van der Waals surface area contributed by atoms with Crippen molar-refractivity contribution in [2.45, 2.75) is 96.8 Å². The zero-order chi connectivity index (χ0) is 31.1. The molecule has 4 nitrogen and oxygen atoms in total. The number of alkyl halides is 3. The topological polar surface area (TPSA) is 52.6 Å². The summed E-state index contributed by atoms with van der Waals surface area (Å²) < 4.78 is 51.1. The summed E-state index contributed by atoms with van der Waals surface area (Å²) in [5.41, 5.74) is 3.68. The Labute approximate surface area is 253 Å². The summed E-state index contributed by atoms with van der Waals surface area (Å²) >= 11 is 0. The molecule has 1 unspecified atom stereocenters. The molecule has 0 spiro atoms. The molecule has 0 amide bonds. The van der Waals surface area contributed by atoms with Crippen LogP contribution in [0.3, 0.4) is 0 Å². The van der Waals surface area contributed by atoms with Crippen molar-refractivity contribution in [3.05, 3.63) is 83.9 Å². The van der Waals surface area contributed by atoms with Gasteiger partial charge in [-0.15, -0.1) is 0 Å². The normalized spacial score (nSPS) is 12.1. The molecule has 232 valence electrons.